The highest BCUT2D eigenvalue weighted by atomic mass is 16.5. The van der Waals surface area contributed by atoms with E-state index in [4.69, 9.17) is 4.74 Å². The van der Waals surface area contributed by atoms with Crippen LogP contribution in [0.1, 0.15) is 16.3 Å². The van der Waals surface area contributed by atoms with E-state index in [0.717, 1.165) is 0 Å². The number of hydrogen-bond acceptors (Lipinski definition) is 5. The summed E-state index contributed by atoms with van der Waals surface area (Å²) in [6.45, 7) is 1.74. The molecular formula is C10H11N3O3. The van der Waals surface area contributed by atoms with Gasteiger partial charge < -0.3 is 9.47 Å². The fourth-order valence-corrected chi connectivity index (χ4v) is 1.46. The number of carbonyl (C=O) groups is 1. The monoisotopic (exact) mass is 221 g/mol. The summed E-state index contributed by atoms with van der Waals surface area (Å²) in [5.74, 6) is 0.667. The van der Waals surface area contributed by atoms with Crippen LogP contribution >= 0.6 is 0 Å². The molecule has 0 fully saturated rings. The van der Waals surface area contributed by atoms with Crippen LogP contribution < -0.4 is 4.74 Å². The van der Waals surface area contributed by atoms with E-state index >= 15 is 0 Å². The molecular weight excluding hydrogens is 210 g/mol. The van der Waals surface area contributed by atoms with Crippen molar-refractivity contribution in [2.75, 3.05) is 14.2 Å². The fourth-order valence-electron chi connectivity index (χ4n) is 1.46. The molecule has 0 N–H and O–H groups in total. The number of ether oxygens (including phenoxy) is 2. The Morgan fingerprint density at radius 2 is 2.12 bits per heavy atom. The molecule has 0 aliphatic heterocycles. The number of esters is 1. The van der Waals surface area contributed by atoms with Crippen LogP contribution in [0.2, 0.25) is 0 Å². The quantitative estimate of drug-likeness (QED) is 0.703. The van der Waals surface area contributed by atoms with Crippen LogP contribution in [0.15, 0.2) is 12.1 Å². The van der Waals surface area contributed by atoms with Crippen LogP contribution in [0.25, 0.3) is 5.65 Å². The summed E-state index contributed by atoms with van der Waals surface area (Å²) in [5.41, 5.74) is 0.821. The minimum atomic E-state index is -0.461. The van der Waals surface area contributed by atoms with Crippen LogP contribution in [0.5, 0.6) is 5.75 Å². The van der Waals surface area contributed by atoms with E-state index < -0.39 is 5.97 Å². The lowest BCUT2D eigenvalue weighted by molar-refractivity contribution is 0.0590. The Bertz CT molecular complexity index is 547. The zero-order valence-electron chi connectivity index (χ0n) is 9.22. The van der Waals surface area contributed by atoms with Crippen molar-refractivity contribution in [1.82, 2.24) is 14.6 Å². The second-order valence-corrected chi connectivity index (χ2v) is 3.17. The standard InChI is InChI=1S/C10H11N3O3/c1-6-11-9-8(15-2)5-4-7(10(14)16-3)13(9)12-6/h4-5H,1-3H3. The van der Waals surface area contributed by atoms with Gasteiger partial charge in [0.05, 0.1) is 14.2 Å². The number of carbonyl (C=O) groups excluding carboxylic acids is 1. The summed E-state index contributed by atoms with van der Waals surface area (Å²) >= 11 is 0. The van der Waals surface area contributed by atoms with Crippen LogP contribution in [-0.4, -0.2) is 34.8 Å². The van der Waals surface area contributed by atoms with E-state index in [2.05, 4.69) is 14.8 Å². The van der Waals surface area contributed by atoms with Gasteiger partial charge >= 0.3 is 5.97 Å². The van der Waals surface area contributed by atoms with Crippen molar-refractivity contribution in [2.24, 2.45) is 0 Å². The van der Waals surface area contributed by atoms with E-state index in [1.807, 2.05) is 0 Å². The van der Waals surface area contributed by atoms with Gasteiger partial charge in [-0.1, -0.05) is 0 Å². The van der Waals surface area contributed by atoms with Gasteiger partial charge in [-0.05, 0) is 19.1 Å². The average Bonchev–Trinajstić information content (AvgIpc) is 2.67. The molecule has 2 aromatic rings. The van der Waals surface area contributed by atoms with E-state index in [9.17, 15) is 4.79 Å². The fraction of sp³-hybridized carbons (Fsp3) is 0.300. The Morgan fingerprint density at radius 3 is 2.75 bits per heavy atom. The Labute approximate surface area is 91.8 Å². The van der Waals surface area contributed by atoms with Gasteiger partial charge in [0.1, 0.15) is 5.82 Å². The van der Waals surface area contributed by atoms with E-state index in [1.165, 1.54) is 18.7 Å². The van der Waals surface area contributed by atoms with Gasteiger partial charge in [-0.25, -0.2) is 14.3 Å². The van der Waals surface area contributed by atoms with Crippen molar-refractivity contribution in [1.29, 1.82) is 0 Å². The Balaban J connectivity index is 2.73. The second-order valence-electron chi connectivity index (χ2n) is 3.17. The van der Waals surface area contributed by atoms with Gasteiger partial charge in [0.2, 0.25) is 0 Å². The number of hydrogen-bond donors (Lipinski definition) is 0. The number of aryl methyl sites for hydroxylation is 1. The van der Waals surface area contributed by atoms with Gasteiger partial charge in [-0.2, -0.15) is 5.10 Å². The van der Waals surface area contributed by atoms with Crippen LogP contribution in [-0.2, 0) is 4.74 Å². The molecule has 0 atom stereocenters. The molecule has 0 unspecified atom stereocenters. The van der Waals surface area contributed by atoms with Crippen molar-refractivity contribution in [3.05, 3.63) is 23.7 Å². The lowest BCUT2D eigenvalue weighted by atomic mass is 10.3. The topological polar surface area (TPSA) is 65.7 Å². The summed E-state index contributed by atoms with van der Waals surface area (Å²) in [7, 11) is 2.86. The normalized spacial score (nSPS) is 10.4. The van der Waals surface area contributed by atoms with Crippen LogP contribution in [0, 0.1) is 6.92 Å². The molecule has 84 valence electrons. The Hall–Kier alpha value is -2.11. The van der Waals surface area contributed by atoms with Gasteiger partial charge in [-0.15, -0.1) is 0 Å². The molecule has 0 bridgehead atoms. The van der Waals surface area contributed by atoms with E-state index in [-0.39, 0.29) is 0 Å². The number of pyridine rings is 1. The summed E-state index contributed by atoms with van der Waals surface area (Å²) in [6.07, 6.45) is 0. The zero-order valence-corrected chi connectivity index (χ0v) is 9.22. The molecule has 2 rings (SSSR count). The second kappa shape index (κ2) is 3.80. The van der Waals surface area contributed by atoms with E-state index in [1.54, 1.807) is 19.1 Å². The number of aromatic nitrogens is 3. The first-order valence-electron chi connectivity index (χ1n) is 4.66. The lowest BCUT2D eigenvalue weighted by Crippen LogP contribution is -2.09. The highest BCUT2D eigenvalue weighted by Crippen LogP contribution is 2.19. The van der Waals surface area contributed by atoms with Crippen LogP contribution in [0.4, 0.5) is 0 Å². The highest BCUT2D eigenvalue weighted by Gasteiger charge is 2.15. The van der Waals surface area contributed by atoms with Crippen molar-refractivity contribution in [3.63, 3.8) is 0 Å². The predicted molar refractivity (Wildman–Crippen MR) is 55.6 cm³/mol. The Morgan fingerprint density at radius 1 is 1.38 bits per heavy atom. The van der Waals surface area contributed by atoms with Crippen LogP contribution in [0.3, 0.4) is 0 Å². The third-order valence-corrected chi connectivity index (χ3v) is 2.17. The maximum absolute atomic E-state index is 11.5. The number of nitrogens with zero attached hydrogens (tertiary/aromatic N) is 3. The van der Waals surface area contributed by atoms with Gasteiger partial charge in [-0.3, -0.25) is 0 Å². The minimum Gasteiger partial charge on any atom is -0.493 e. The average molecular weight is 221 g/mol. The molecule has 2 aromatic heterocycles. The smallest absolute Gasteiger partial charge is 0.356 e. The first-order chi connectivity index (χ1) is 7.67. The zero-order chi connectivity index (χ0) is 11.7. The first-order valence-corrected chi connectivity index (χ1v) is 4.66. The molecule has 6 nitrogen and oxygen atoms in total. The van der Waals surface area contributed by atoms with Gasteiger partial charge in [0, 0.05) is 0 Å². The molecule has 16 heavy (non-hydrogen) atoms. The van der Waals surface area contributed by atoms with Gasteiger partial charge in [0.15, 0.2) is 17.1 Å². The van der Waals surface area contributed by atoms with Gasteiger partial charge in [0.25, 0.3) is 0 Å². The molecule has 0 spiro atoms. The molecule has 0 aromatic carbocycles. The molecule has 0 radical (unpaired) electrons. The molecule has 0 amide bonds. The highest BCUT2D eigenvalue weighted by molar-refractivity contribution is 5.88. The van der Waals surface area contributed by atoms with E-state index in [0.29, 0.717) is 22.9 Å². The third kappa shape index (κ3) is 1.48. The summed E-state index contributed by atoms with van der Waals surface area (Å²) in [6, 6.07) is 3.25. The maximum Gasteiger partial charge on any atom is 0.356 e. The molecule has 6 heteroatoms. The molecule has 0 aliphatic carbocycles. The van der Waals surface area contributed by atoms with Crippen molar-refractivity contribution < 1.29 is 14.3 Å². The minimum absolute atomic E-state index is 0.318. The summed E-state index contributed by atoms with van der Waals surface area (Å²) < 4.78 is 11.2. The molecule has 0 saturated heterocycles. The predicted octanol–water partition coefficient (Wildman–Crippen LogP) is 0.833. The Kier molecular flexibility index (Phi) is 2.47. The lowest BCUT2D eigenvalue weighted by Gasteiger charge is -2.04. The van der Waals surface area contributed by atoms with Crippen molar-refractivity contribution in [2.45, 2.75) is 6.92 Å². The summed E-state index contributed by atoms with van der Waals surface area (Å²) in [4.78, 5) is 15.7. The maximum atomic E-state index is 11.5. The SMILES string of the molecule is COC(=O)c1ccc(OC)c2nc(C)nn12. The first kappa shape index (κ1) is 10.4. The largest absolute Gasteiger partial charge is 0.493 e. The number of methoxy groups -OCH3 is 2. The summed E-state index contributed by atoms with van der Waals surface area (Å²) in [5, 5.41) is 4.12. The third-order valence-electron chi connectivity index (χ3n) is 2.17. The molecule has 0 aliphatic rings. The molecule has 0 saturated carbocycles. The number of rotatable bonds is 2. The van der Waals surface area contributed by atoms with Crippen molar-refractivity contribution >= 4 is 11.6 Å². The van der Waals surface area contributed by atoms with Crippen molar-refractivity contribution in [3.8, 4) is 5.75 Å². The number of fused-ring (bicyclic) bond motifs is 1. The molecule has 2 heterocycles.